The molecule has 0 N–H and O–H groups in total. The maximum Gasteiger partial charge on any atom is 0.342 e. The summed E-state index contributed by atoms with van der Waals surface area (Å²) >= 11 is 0. The third-order valence-corrected chi connectivity index (χ3v) is 2.72. The Morgan fingerprint density at radius 2 is 2.19 bits per heavy atom. The van der Waals surface area contributed by atoms with Gasteiger partial charge in [-0.1, -0.05) is 0 Å². The summed E-state index contributed by atoms with van der Waals surface area (Å²) in [5.74, 6) is 0.650. The molecule has 1 aliphatic rings. The fourth-order valence-corrected chi connectivity index (χ4v) is 2.06. The van der Waals surface area contributed by atoms with E-state index in [2.05, 4.69) is 0 Å². The second-order valence-electron chi connectivity index (χ2n) is 3.83. The quantitative estimate of drug-likeness (QED) is 0.720. The molecular formula is C12H14O4. The van der Waals surface area contributed by atoms with Gasteiger partial charge < -0.3 is 9.15 Å². The molecule has 0 aromatic carbocycles. The van der Waals surface area contributed by atoms with Gasteiger partial charge in [0.25, 0.3) is 0 Å². The summed E-state index contributed by atoms with van der Waals surface area (Å²) < 4.78 is 10.4. The van der Waals surface area contributed by atoms with Crippen LogP contribution in [0.5, 0.6) is 0 Å². The van der Waals surface area contributed by atoms with E-state index < -0.39 is 5.97 Å². The number of Topliss-reactive ketones (excluding diaryl/α,β-unsaturated/α-hetero) is 1. The van der Waals surface area contributed by atoms with Crippen LogP contribution in [0, 0.1) is 6.92 Å². The Labute approximate surface area is 93.6 Å². The van der Waals surface area contributed by atoms with Gasteiger partial charge in [0.1, 0.15) is 17.1 Å². The minimum atomic E-state index is -0.458. The number of carbonyl (C=O) groups excluding carboxylic acids is 2. The maximum atomic E-state index is 11.8. The third kappa shape index (κ3) is 1.64. The van der Waals surface area contributed by atoms with Crippen molar-refractivity contribution in [3.63, 3.8) is 0 Å². The Bertz CT molecular complexity index is 442. The molecule has 2 rings (SSSR count). The van der Waals surface area contributed by atoms with Crippen LogP contribution in [0.1, 0.15) is 52.0 Å². The standard InChI is InChI=1S/C12H14O4/c1-3-15-12(14)10-7(2)16-9-6-4-5-8(13)11(9)10/h3-6H2,1-2H3. The molecule has 0 unspecified atom stereocenters. The Morgan fingerprint density at radius 1 is 1.44 bits per heavy atom. The molecule has 0 saturated carbocycles. The van der Waals surface area contributed by atoms with Gasteiger partial charge >= 0.3 is 5.97 Å². The van der Waals surface area contributed by atoms with Gasteiger partial charge in [-0.05, 0) is 20.3 Å². The van der Waals surface area contributed by atoms with Crippen LogP contribution in [0.25, 0.3) is 0 Å². The molecule has 1 aromatic heterocycles. The van der Waals surface area contributed by atoms with Crippen LogP contribution in [0.3, 0.4) is 0 Å². The number of ketones is 1. The lowest BCUT2D eigenvalue weighted by Crippen LogP contribution is -2.15. The first-order valence-corrected chi connectivity index (χ1v) is 5.47. The fourth-order valence-electron chi connectivity index (χ4n) is 2.06. The van der Waals surface area contributed by atoms with Crippen LogP contribution >= 0.6 is 0 Å². The zero-order chi connectivity index (χ0) is 11.7. The van der Waals surface area contributed by atoms with Crippen molar-refractivity contribution in [3.05, 3.63) is 22.6 Å². The molecule has 0 atom stereocenters. The monoisotopic (exact) mass is 222 g/mol. The first-order valence-electron chi connectivity index (χ1n) is 5.47. The molecule has 0 spiro atoms. The molecule has 0 radical (unpaired) electrons. The van der Waals surface area contributed by atoms with Gasteiger partial charge in [-0.2, -0.15) is 0 Å². The molecular weight excluding hydrogens is 208 g/mol. The van der Waals surface area contributed by atoms with E-state index in [1.165, 1.54) is 0 Å². The van der Waals surface area contributed by atoms with E-state index in [9.17, 15) is 9.59 Å². The van der Waals surface area contributed by atoms with Gasteiger partial charge in [-0.3, -0.25) is 4.79 Å². The van der Waals surface area contributed by atoms with E-state index in [0.29, 0.717) is 35.7 Å². The number of fused-ring (bicyclic) bond motifs is 1. The number of carbonyl (C=O) groups is 2. The Kier molecular flexibility index (Phi) is 2.81. The van der Waals surface area contributed by atoms with Gasteiger partial charge in [0.2, 0.25) is 0 Å². The van der Waals surface area contributed by atoms with Crippen molar-refractivity contribution < 1.29 is 18.7 Å². The molecule has 86 valence electrons. The second kappa shape index (κ2) is 4.12. The highest BCUT2D eigenvalue weighted by Gasteiger charge is 2.30. The Morgan fingerprint density at radius 3 is 2.88 bits per heavy atom. The number of hydrogen-bond donors (Lipinski definition) is 0. The summed E-state index contributed by atoms with van der Waals surface area (Å²) in [6.07, 6.45) is 2.00. The van der Waals surface area contributed by atoms with Crippen molar-refractivity contribution in [1.29, 1.82) is 0 Å². The normalized spacial score (nSPS) is 14.8. The van der Waals surface area contributed by atoms with Crippen LogP contribution in [0.15, 0.2) is 4.42 Å². The maximum absolute atomic E-state index is 11.8. The highest BCUT2D eigenvalue weighted by Crippen LogP contribution is 2.29. The highest BCUT2D eigenvalue weighted by molar-refractivity contribution is 6.08. The molecule has 4 nitrogen and oxygen atoms in total. The van der Waals surface area contributed by atoms with E-state index in [4.69, 9.17) is 9.15 Å². The van der Waals surface area contributed by atoms with Gasteiger partial charge in [0.05, 0.1) is 12.2 Å². The summed E-state index contributed by atoms with van der Waals surface area (Å²) in [6, 6.07) is 0. The zero-order valence-electron chi connectivity index (χ0n) is 9.46. The Hall–Kier alpha value is -1.58. The summed E-state index contributed by atoms with van der Waals surface area (Å²) in [6.45, 7) is 3.73. The number of hydrogen-bond acceptors (Lipinski definition) is 4. The van der Waals surface area contributed by atoms with E-state index in [0.717, 1.165) is 12.8 Å². The molecule has 1 heterocycles. The molecule has 0 fully saturated rings. The summed E-state index contributed by atoms with van der Waals surface area (Å²) in [7, 11) is 0. The highest BCUT2D eigenvalue weighted by atomic mass is 16.5. The van der Waals surface area contributed by atoms with Crippen molar-refractivity contribution in [1.82, 2.24) is 0 Å². The molecule has 1 aromatic rings. The van der Waals surface area contributed by atoms with E-state index in [-0.39, 0.29) is 5.78 Å². The van der Waals surface area contributed by atoms with Gasteiger partial charge in [0.15, 0.2) is 5.78 Å². The van der Waals surface area contributed by atoms with Crippen LogP contribution in [-0.2, 0) is 11.2 Å². The third-order valence-electron chi connectivity index (χ3n) is 2.72. The van der Waals surface area contributed by atoms with Gasteiger partial charge in [-0.25, -0.2) is 4.79 Å². The molecule has 1 aliphatic carbocycles. The minimum absolute atomic E-state index is 0.0128. The smallest absolute Gasteiger partial charge is 0.342 e. The van der Waals surface area contributed by atoms with Crippen molar-refractivity contribution >= 4 is 11.8 Å². The van der Waals surface area contributed by atoms with Crippen molar-refractivity contribution in [2.24, 2.45) is 0 Å². The summed E-state index contributed by atoms with van der Waals surface area (Å²) in [4.78, 5) is 23.5. The number of aryl methyl sites for hydroxylation is 2. The average Bonchev–Trinajstić information content (AvgIpc) is 2.56. The first kappa shape index (κ1) is 10.9. The van der Waals surface area contributed by atoms with Crippen LogP contribution < -0.4 is 0 Å². The Balaban J connectivity index is 2.48. The van der Waals surface area contributed by atoms with Crippen LogP contribution in [-0.4, -0.2) is 18.4 Å². The largest absolute Gasteiger partial charge is 0.465 e. The number of ether oxygens (including phenoxy) is 1. The topological polar surface area (TPSA) is 56.5 Å². The second-order valence-corrected chi connectivity index (χ2v) is 3.83. The molecule has 16 heavy (non-hydrogen) atoms. The molecule has 0 amide bonds. The first-order chi connectivity index (χ1) is 7.65. The van der Waals surface area contributed by atoms with Crippen LogP contribution in [0.4, 0.5) is 0 Å². The number of furan rings is 1. The molecule has 0 saturated heterocycles. The van der Waals surface area contributed by atoms with Crippen molar-refractivity contribution in [2.45, 2.75) is 33.1 Å². The lowest BCUT2D eigenvalue weighted by atomic mass is 9.93. The van der Waals surface area contributed by atoms with Crippen molar-refractivity contribution in [2.75, 3.05) is 6.61 Å². The molecule has 0 bridgehead atoms. The summed E-state index contributed by atoms with van der Waals surface area (Å²) in [5.41, 5.74) is 0.767. The van der Waals surface area contributed by atoms with E-state index in [1.54, 1.807) is 13.8 Å². The van der Waals surface area contributed by atoms with Gasteiger partial charge in [0, 0.05) is 12.8 Å². The summed E-state index contributed by atoms with van der Waals surface area (Å²) in [5, 5.41) is 0. The van der Waals surface area contributed by atoms with Crippen LogP contribution in [0.2, 0.25) is 0 Å². The number of rotatable bonds is 2. The number of esters is 1. The van der Waals surface area contributed by atoms with E-state index >= 15 is 0 Å². The molecule has 0 aliphatic heterocycles. The van der Waals surface area contributed by atoms with Gasteiger partial charge in [-0.15, -0.1) is 0 Å². The lowest BCUT2D eigenvalue weighted by Gasteiger charge is -2.09. The lowest BCUT2D eigenvalue weighted by molar-refractivity contribution is 0.0521. The average molecular weight is 222 g/mol. The minimum Gasteiger partial charge on any atom is -0.465 e. The zero-order valence-corrected chi connectivity index (χ0v) is 9.46. The SMILES string of the molecule is CCOC(=O)c1c(C)oc2c1C(=O)CCC2. The molecule has 4 heteroatoms. The fraction of sp³-hybridized carbons (Fsp3) is 0.500. The predicted octanol–water partition coefficient (Wildman–Crippen LogP) is 2.28. The van der Waals surface area contributed by atoms with E-state index in [1.807, 2.05) is 0 Å². The predicted molar refractivity (Wildman–Crippen MR) is 56.7 cm³/mol. The van der Waals surface area contributed by atoms with Crippen molar-refractivity contribution in [3.8, 4) is 0 Å².